The summed E-state index contributed by atoms with van der Waals surface area (Å²) in [6.45, 7) is 2.06. The predicted molar refractivity (Wildman–Crippen MR) is 83.2 cm³/mol. The molecule has 3 rings (SSSR count). The van der Waals surface area contributed by atoms with E-state index in [1.165, 1.54) is 7.11 Å². The van der Waals surface area contributed by atoms with Crippen molar-refractivity contribution in [2.45, 2.75) is 32.2 Å². The molecule has 0 bridgehead atoms. The van der Waals surface area contributed by atoms with Gasteiger partial charge in [-0.2, -0.15) is 0 Å². The number of anilines is 1. The van der Waals surface area contributed by atoms with Crippen LogP contribution in [0.1, 0.15) is 24.8 Å². The van der Waals surface area contributed by atoms with E-state index in [-0.39, 0.29) is 11.9 Å². The van der Waals surface area contributed by atoms with Crippen LogP contribution < -0.4 is 5.32 Å². The fourth-order valence-electron chi connectivity index (χ4n) is 3.05. The van der Waals surface area contributed by atoms with Crippen LogP contribution in [0.2, 0.25) is 0 Å². The minimum atomic E-state index is -0.0949. The van der Waals surface area contributed by atoms with Crippen LogP contribution in [0.4, 0.5) is 5.82 Å². The molecule has 0 aliphatic heterocycles. The monoisotopic (exact) mass is 284 g/mol. The second kappa shape index (κ2) is 5.72. The highest BCUT2D eigenvalue weighted by atomic mass is 16.5. The van der Waals surface area contributed by atoms with Crippen LogP contribution >= 0.6 is 0 Å². The lowest BCUT2D eigenvalue weighted by atomic mass is 10.1. The Morgan fingerprint density at radius 3 is 2.95 bits per heavy atom. The van der Waals surface area contributed by atoms with Gasteiger partial charge in [0, 0.05) is 11.4 Å². The first-order chi connectivity index (χ1) is 10.2. The molecular weight excluding hydrogens is 264 g/mol. The zero-order valence-electron chi connectivity index (χ0n) is 12.4. The van der Waals surface area contributed by atoms with Crippen molar-refractivity contribution in [2.75, 3.05) is 12.4 Å². The normalized spacial score (nSPS) is 21.4. The Kier molecular flexibility index (Phi) is 3.78. The van der Waals surface area contributed by atoms with Gasteiger partial charge in [-0.05, 0) is 43.9 Å². The van der Waals surface area contributed by atoms with Crippen LogP contribution in [-0.2, 0) is 9.53 Å². The summed E-state index contributed by atoms with van der Waals surface area (Å²) in [6.07, 6.45) is 2.69. The van der Waals surface area contributed by atoms with Gasteiger partial charge in [-0.1, -0.05) is 18.2 Å². The lowest BCUT2D eigenvalue weighted by molar-refractivity contribution is -0.145. The Labute approximate surface area is 124 Å². The first kappa shape index (κ1) is 13.9. The number of aryl methyl sites for hydroxylation is 1. The fourth-order valence-corrected chi connectivity index (χ4v) is 3.05. The maximum Gasteiger partial charge on any atom is 0.308 e. The van der Waals surface area contributed by atoms with E-state index in [0.29, 0.717) is 6.04 Å². The van der Waals surface area contributed by atoms with Gasteiger partial charge in [0.05, 0.1) is 18.5 Å². The largest absolute Gasteiger partial charge is 0.469 e. The number of hydrogen-bond acceptors (Lipinski definition) is 4. The molecule has 1 heterocycles. The quantitative estimate of drug-likeness (QED) is 0.879. The molecule has 0 unspecified atom stereocenters. The third-order valence-corrected chi connectivity index (χ3v) is 4.22. The molecule has 0 amide bonds. The van der Waals surface area contributed by atoms with E-state index >= 15 is 0 Å². The van der Waals surface area contributed by atoms with Crippen molar-refractivity contribution >= 4 is 22.7 Å². The van der Waals surface area contributed by atoms with Gasteiger partial charge in [0.25, 0.3) is 0 Å². The third-order valence-electron chi connectivity index (χ3n) is 4.22. The van der Waals surface area contributed by atoms with E-state index in [0.717, 1.165) is 41.5 Å². The molecule has 4 heteroatoms. The molecule has 1 aromatic heterocycles. The lowest BCUT2D eigenvalue weighted by Crippen LogP contribution is -2.20. The highest BCUT2D eigenvalue weighted by molar-refractivity contribution is 5.81. The molecule has 21 heavy (non-hydrogen) atoms. The second-order valence-corrected chi connectivity index (χ2v) is 5.72. The van der Waals surface area contributed by atoms with Crippen LogP contribution in [0.5, 0.6) is 0 Å². The van der Waals surface area contributed by atoms with Gasteiger partial charge in [0.15, 0.2) is 0 Å². The molecule has 1 aliphatic carbocycles. The van der Waals surface area contributed by atoms with Gasteiger partial charge >= 0.3 is 5.97 Å². The zero-order chi connectivity index (χ0) is 14.8. The second-order valence-electron chi connectivity index (χ2n) is 5.72. The molecule has 0 saturated heterocycles. The van der Waals surface area contributed by atoms with Crippen molar-refractivity contribution in [2.24, 2.45) is 5.92 Å². The molecular formula is C17H20N2O2. The number of nitrogens with zero attached hydrogens (tertiary/aromatic N) is 1. The molecule has 2 aromatic rings. The topological polar surface area (TPSA) is 51.2 Å². The number of esters is 1. The molecule has 4 nitrogen and oxygen atoms in total. The van der Waals surface area contributed by atoms with Crippen molar-refractivity contribution in [3.8, 4) is 0 Å². The number of para-hydroxylation sites is 1. The summed E-state index contributed by atoms with van der Waals surface area (Å²) >= 11 is 0. The van der Waals surface area contributed by atoms with E-state index < -0.39 is 0 Å². The van der Waals surface area contributed by atoms with Gasteiger partial charge < -0.3 is 10.1 Å². The number of aromatic nitrogens is 1. The Morgan fingerprint density at radius 1 is 1.33 bits per heavy atom. The predicted octanol–water partition coefficient (Wildman–Crippen LogP) is 3.30. The van der Waals surface area contributed by atoms with E-state index in [1.54, 1.807) is 0 Å². The van der Waals surface area contributed by atoms with Gasteiger partial charge in [-0.25, -0.2) is 4.98 Å². The summed E-state index contributed by atoms with van der Waals surface area (Å²) in [5.74, 6) is 0.847. The Balaban J connectivity index is 1.76. The van der Waals surface area contributed by atoms with Crippen molar-refractivity contribution in [3.05, 3.63) is 35.9 Å². The van der Waals surface area contributed by atoms with Crippen molar-refractivity contribution < 1.29 is 9.53 Å². The van der Waals surface area contributed by atoms with Crippen LogP contribution in [-0.4, -0.2) is 24.1 Å². The Hall–Kier alpha value is -2.10. The molecule has 1 aliphatic rings. The van der Waals surface area contributed by atoms with Crippen LogP contribution in [0.15, 0.2) is 30.3 Å². The number of hydrogen-bond donors (Lipinski definition) is 1. The number of carbonyl (C=O) groups is 1. The first-order valence-corrected chi connectivity index (χ1v) is 7.38. The molecule has 1 aromatic carbocycles. The number of pyridine rings is 1. The summed E-state index contributed by atoms with van der Waals surface area (Å²) in [5.41, 5.74) is 2.13. The SMILES string of the molecule is COC(=O)[C@H]1CC[C@@H](Nc2nc3ccccc3cc2C)C1. The summed E-state index contributed by atoms with van der Waals surface area (Å²) in [5, 5.41) is 4.64. The van der Waals surface area contributed by atoms with Gasteiger partial charge in [0.1, 0.15) is 5.82 Å². The molecule has 0 spiro atoms. The highest BCUT2D eigenvalue weighted by Gasteiger charge is 2.30. The number of rotatable bonds is 3. The number of methoxy groups -OCH3 is 1. The number of benzene rings is 1. The zero-order valence-corrected chi connectivity index (χ0v) is 12.4. The standard InChI is InChI=1S/C17H20N2O2/c1-11-9-12-5-3-4-6-15(12)19-16(11)18-14-8-7-13(10-14)17(20)21-2/h3-6,9,13-14H,7-8,10H2,1-2H3,(H,18,19)/t13-,14+/m0/s1. The highest BCUT2D eigenvalue weighted by Crippen LogP contribution is 2.30. The molecule has 1 N–H and O–H groups in total. The number of ether oxygens (including phenoxy) is 1. The average Bonchev–Trinajstić information content (AvgIpc) is 2.96. The minimum Gasteiger partial charge on any atom is -0.469 e. The Morgan fingerprint density at radius 2 is 2.14 bits per heavy atom. The molecule has 2 atom stereocenters. The summed E-state index contributed by atoms with van der Waals surface area (Å²) in [6, 6.07) is 10.6. The van der Waals surface area contributed by atoms with E-state index in [1.807, 2.05) is 18.2 Å². The van der Waals surface area contributed by atoms with Crippen LogP contribution in [0.3, 0.4) is 0 Å². The van der Waals surface area contributed by atoms with Gasteiger partial charge in [0.2, 0.25) is 0 Å². The minimum absolute atomic E-state index is 0.0215. The molecule has 0 radical (unpaired) electrons. The average molecular weight is 284 g/mol. The number of nitrogens with one attached hydrogen (secondary N) is 1. The maximum absolute atomic E-state index is 11.6. The van der Waals surface area contributed by atoms with Gasteiger partial charge in [-0.15, -0.1) is 0 Å². The van der Waals surface area contributed by atoms with Crippen LogP contribution in [0.25, 0.3) is 10.9 Å². The fraction of sp³-hybridized carbons (Fsp3) is 0.412. The molecule has 110 valence electrons. The van der Waals surface area contributed by atoms with E-state index in [9.17, 15) is 4.79 Å². The number of carbonyl (C=O) groups excluding carboxylic acids is 1. The van der Waals surface area contributed by atoms with Crippen LogP contribution in [0, 0.1) is 12.8 Å². The van der Waals surface area contributed by atoms with Crippen molar-refractivity contribution in [3.63, 3.8) is 0 Å². The summed E-state index contributed by atoms with van der Waals surface area (Å²) in [4.78, 5) is 16.3. The molecule has 1 fully saturated rings. The van der Waals surface area contributed by atoms with E-state index in [2.05, 4.69) is 24.4 Å². The molecule has 1 saturated carbocycles. The van der Waals surface area contributed by atoms with E-state index in [4.69, 9.17) is 9.72 Å². The summed E-state index contributed by atoms with van der Waals surface area (Å²) < 4.78 is 4.83. The summed E-state index contributed by atoms with van der Waals surface area (Å²) in [7, 11) is 1.46. The van der Waals surface area contributed by atoms with Crippen molar-refractivity contribution in [1.29, 1.82) is 0 Å². The lowest BCUT2D eigenvalue weighted by Gasteiger charge is -2.16. The third kappa shape index (κ3) is 2.84. The smallest absolute Gasteiger partial charge is 0.308 e. The van der Waals surface area contributed by atoms with Gasteiger partial charge in [-0.3, -0.25) is 4.79 Å². The maximum atomic E-state index is 11.6. The number of fused-ring (bicyclic) bond motifs is 1. The van der Waals surface area contributed by atoms with Crippen molar-refractivity contribution in [1.82, 2.24) is 4.98 Å². The first-order valence-electron chi connectivity index (χ1n) is 7.38. The Bertz CT molecular complexity index is 669.